The maximum absolute atomic E-state index is 12.3. The molecule has 0 aliphatic rings. The summed E-state index contributed by atoms with van der Waals surface area (Å²) in [5.41, 5.74) is 0. The minimum Gasteiger partial charge on any atom is -0.438 e. The van der Waals surface area contributed by atoms with Crippen molar-refractivity contribution in [2.75, 3.05) is 0 Å². The number of hydrogen-bond acceptors (Lipinski definition) is 3. The molecule has 0 saturated heterocycles. The van der Waals surface area contributed by atoms with Gasteiger partial charge >= 0.3 is 6.18 Å². The molecular weight excluding hydrogens is 275 g/mol. The second-order valence-electron chi connectivity index (χ2n) is 3.06. The van der Waals surface area contributed by atoms with E-state index < -0.39 is 11.1 Å². The van der Waals surface area contributed by atoms with Crippen LogP contribution in [0.1, 0.15) is 4.88 Å². The fourth-order valence-electron chi connectivity index (χ4n) is 1.08. The molecule has 2 aromatic heterocycles. The molecule has 2 nitrogen and oxygen atoms in total. The van der Waals surface area contributed by atoms with Gasteiger partial charge in [0, 0.05) is 28.7 Å². The molecule has 0 saturated carbocycles. The van der Waals surface area contributed by atoms with E-state index >= 15 is 0 Å². The molecular formula is C10H5ClF3NOS. The Balaban J connectivity index is 2.17. The zero-order valence-corrected chi connectivity index (χ0v) is 9.73. The summed E-state index contributed by atoms with van der Waals surface area (Å²) in [6, 6.07) is 3.89. The second-order valence-corrected chi connectivity index (χ2v) is 4.41. The molecule has 0 aliphatic carbocycles. The van der Waals surface area contributed by atoms with Crippen molar-refractivity contribution in [2.45, 2.75) is 6.18 Å². The third-order valence-electron chi connectivity index (χ3n) is 1.77. The number of hydrogen-bond donors (Lipinski definition) is 0. The van der Waals surface area contributed by atoms with Gasteiger partial charge in [-0.3, -0.25) is 0 Å². The molecule has 0 bridgehead atoms. The quantitative estimate of drug-likeness (QED) is 0.801. The zero-order valence-electron chi connectivity index (χ0n) is 8.16. The van der Waals surface area contributed by atoms with Gasteiger partial charge in [0.05, 0.1) is 0 Å². The van der Waals surface area contributed by atoms with Gasteiger partial charge in [0.1, 0.15) is 10.6 Å². The molecule has 0 atom stereocenters. The highest BCUT2D eigenvalue weighted by Crippen LogP contribution is 2.37. The number of thiophene rings is 1. The van der Waals surface area contributed by atoms with E-state index in [9.17, 15) is 13.2 Å². The van der Waals surface area contributed by atoms with Gasteiger partial charge in [0.25, 0.3) is 0 Å². The molecule has 0 aromatic carbocycles. The van der Waals surface area contributed by atoms with Crippen LogP contribution in [0.5, 0.6) is 11.6 Å². The van der Waals surface area contributed by atoms with Gasteiger partial charge in [0.15, 0.2) is 0 Å². The van der Waals surface area contributed by atoms with Crippen LogP contribution < -0.4 is 4.74 Å². The number of alkyl halides is 3. The van der Waals surface area contributed by atoms with E-state index in [1.165, 1.54) is 17.6 Å². The van der Waals surface area contributed by atoms with Gasteiger partial charge < -0.3 is 4.74 Å². The summed E-state index contributed by atoms with van der Waals surface area (Å²) < 4.78 is 42.1. The molecule has 90 valence electrons. The Kier molecular flexibility index (Phi) is 3.26. The lowest BCUT2D eigenvalue weighted by Crippen LogP contribution is -2.00. The average Bonchev–Trinajstić information content (AvgIpc) is 2.65. The molecule has 0 spiro atoms. The first-order chi connectivity index (χ1) is 7.95. The Morgan fingerprint density at radius 2 is 2.06 bits per heavy atom. The minimum atomic E-state index is -4.35. The van der Waals surface area contributed by atoms with Gasteiger partial charge in [-0.2, -0.15) is 13.2 Å². The minimum absolute atomic E-state index is 0.0945. The van der Waals surface area contributed by atoms with Crippen molar-refractivity contribution in [1.82, 2.24) is 4.98 Å². The maximum atomic E-state index is 12.3. The second kappa shape index (κ2) is 4.54. The average molecular weight is 280 g/mol. The summed E-state index contributed by atoms with van der Waals surface area (Å²) in [4.78, 5) is 3.11. The smallest absolute Gasteiger partial charge is 0.425 e. The monoisotopic (exact) mass is 279 g/mol. The Morgan fingerprint density at radius 3 is 2.65 bits per heavy atom. The van der Waals surface area contributed by atoms with Crippen LogP contribution in [-0.4, -0.2) is 4.98 Å². The number of aromatic nitrogens is 1. The summed E-state index contributed by atoms with van der Waals surface area (Å²) in [5, 5.41) is 1.67. The van der Waals surface area contributed by atoms with Crippen LogP contribution in [0, 0.1) is 0 Å². The molecule has 0 amide bonds. The van der Waals surface area contributed by atoms with Crippen molar-refractivity contribution in [3.63, 3.8) is 0 Å². The highest BCUT2D eigenvalue weighted by atomic mass is 35.5. The molecule has 0 radical (unpaired) electrons. The first kappa shape index (κ1) is 12.2. The van der Waals surface area contributed by atoms with Crippen molar-refractivity contribution in [3.05, 3.63) is 39.7 Å². The van der Waals surface area contributed by atoms with Crippen LogP contribution >= 0.6 is 22.9 Å². The SMILES string of the molecule is FC(F)(F)c1cc(Oc2cc(Cl)ccn2)cs1. The fourth-order valence-corrected chi connectivity index (χ4v) is 1.91. The molecule has 0 N–H and O–H groups in total. The van der Waals surface area contributed by atoms with Crippen LogP contribution in [0.4, 0.5) is 13.2 Å². The highest BCUT2D eigenvalue weighted by molar-refractivity contribution is 7.10. The van der Waals surface area contributed by atoms with Crippen molar-refractivity contribution in [2.24, 2.45) is 0 Å². The highest BCUT2D eigenvalue weighted by Gasteiger charge is 2.32. The van der Waals surface area contributed by atoms with Gasteiger partial charge in [-0.05, 0) is 6.07 Å². The standard InChI is InChI=1S/C10H5ClF3NOS/c11-6-1-2-15-9(3-6)16-7-4-8(17-5-7)10(12,13)14/h1-5H. The third-order valence-corrected chi connectivity index (χ3v) is 2.96. The lowest BCUT2D eigenvalue weighted by atomic mass is 10.4. The van der Waals surface area contributed by atoms with E-state index in [0.717, 1.165) is 6.07 Å². The largest absolute Gasteiger partial charge is 0.438 e. The predicted molar refractivity (Wildman–Crippen MR) is 58.6 cm³/mol. The van der Waals surface area contributed by atoms with E-state index in [4.69, 9.17) is 16.3 Å². The normalized spacial score (nSPS) is 11.5. The van der Waals surface area contributed by atoms with Gasteiger partial charge in [-0.1, -0.05) is 11.6 Å². The van der Waals surface area contributed by atoms with Gasteiger partial charge in [0.2, 0.25) is 5.88 Å². The number of pyridine rings is 1. The number of ether oxygens (including phenoxy) is 1. The summed E-state index contributed by atoms with van der Waals surface area (Å²) in [6.45, 7) is 0. The lowest BCUT2D eigenvalue weighted by Gasteiger charge is -2.02. The predicted octanol–water partition coefficient (Wildman–Crippen LogP) is 4.61. The molecule has 0 aliphatic heterocycles. The summed E-state index contributed by atoms with van der Waals surface area (Å²) in [7, 11) is 0. The molecule has 2 rings (SSSR count). The molecule has 17 heavy (non-hydrogen) atoms. The lowest BCUT2D eigenvalue weighted by molar-refractivity contribution is -0.134. The van der Waals surface area contributed by atoms with Crippen molar-refractivity contribution in [1.29, 1.82) is 0 Å². The topological polar surface area (TPSA) is 22.1 Å². The Bertz CT molecular complexity index is 526. The molecule has 7 heteroatoms. The van der Waals surface area contributed by atoms with Gasteiger partial charge in [-0.15, -0.1) is 11.3 Å². The zero-order chi connectivity index (χ0) is 12.5. The molecule has 0 unspecified atom stereocenters. The van der Waals surface area contributed by atoms with Crippen LogP contribution in [0.25, 0.3) is 0 Å². The summed E-state index contributed by atoms with van der Waals surface area (Å²) in [6.07, 6.45) is -2.94. The number of rotatable bonds is 2. The van der Waals surface area contributed by atoms with Crippen molar-refractivity contribution < 1.29 is 17.9 Å². The van der Waals surface area contributed by atoms with Crippen LogP contribution in [0.2, 0.25) is 5.02 Å². The van der Waals surface area contributed by atoms with Crippen molar-refractivity contribution >= 4 is 22.9 Å². The molecule has 2 heterocycles. The summed E-state index contributed by atoms with van der Waals surface area (Å²) in [5.74, 6) is 0.251. The van der Waals surface area contributed by atoms with Gasteiger partial charge in [-0.25, -0.2) is 4.98 Å². The van der Waals surface area contributed by atoms with E-state index in [2.05, 4.69) is 4.98 Å². The Labute approximate surface area is 104 Å². The summed E-state index contributed by atoms with van der Waals surface area (Å²) >= 11 is 6.26. The van der Waals surface area contributed by atoms with Crippen molar-refractivity contribution in [3.8, 4) is 11.6 Å². The third kappa shape index (κ3) is 3.10. The van der Waals surface area contributed by atoms with E-state index in [0.29, 0.717) is 16.4 Å². The fraction of sp³-hybridized carbons (Fsp3) is 0.100. The molecule has 2 aromatic rings. The van der Waals surface area contributed by atoms with Crippen LogP contribution in [0.15, 0.2) is 29.8 Å². The number of halogens is 4. The van der Waals surface area contributed by atoms with Crippen LogP contribution in [-0.2, 0) is 6.18 Å². The number of nitrogens with zero attached hydrogens (tertiary/aromatic N) is 1. The van der Waals surface area contributed by atoms with E-state index in [1.807, 2.05) is 0 Å². The van der Waals surface area contributed by atoms with Crippen LogP contribution in [0.3, 0.4) is 0 Å². The first-order valence-electron chi connectivity index (χ1n) is 4.40. The van der Waals surface area contributed by atoms with E-state index in [1.54, 1.807) is 6.07 Å². The Hall–Kier alpha value is -1.27. The Morgan fingerprint density at radius 1 is 1.29 bits per heavy atom. The van der Waals surface area contributed by atoms with E-state index in [-0.39, 0.29) is 11.6 Å². The molecule has 0 fully saturated rings. The maximum Gasteiger partial charge on any atom is 0.425 e. The first-order valence-corrected chi connectivity index (χ1v) is 5.66.